The Morgan fingerprint density at radius 2 is 1.92 bits per heavy atom. The van der Waals surface area contributed by atoms with Crippen molar-refractivity contribution in [2.24, 2.45) is 5.92 Å². The maximum Gasteiger partial charge on any atom is 0.225 e. The molecule has 126 valence electrons. The van der Waals surface area contributed by atoms with Crippen LogP contribution in [-0.4, -0.2) is 29.0 Å². The molecule has 24 heavy (non-hydrogen) atoms. The largest absolute Gasteiger partial charge is 0.349 e. The Morgan fingerprint density at radius 1 is 1.21 bits per heavy atom. The minimum Gasteiger partial charge on any atom is -0.349 e. The van der Waals surface area contributed by atoms with E-state index in [1.54, 1.807) is 6.20 Å². The van der Waals surface area contributed by atoms with Gasteiger partial charge in [0.15, 0.2) is 0 Å². The molecule has 1 aliphatic rings. The standard InChI is InChI=1S/C19H24N4O/c1-14-8-11-20-19(21-14)23-12-9-17(10-13-23)18(24)22-15(2)16-6-4-3-5-7-16/h3-8,11,15,17H,9-10,12-13H2,1-2H3,(H,22,24). The second-order valence-corrected chi connectivity index (χ2v) is 6.40. The van der Waals surface area contributed by atoms with Crippen LogP contribution in [0.15, 0.2) is 42.6 Å². The number of benzene rings is 1. The van der Waals surface area contributed by atoms with Crippen LogP contribution in [0.25, 0.3) is 0 Å². The number of nitrogens with zero attached hydrogens (tertiary/aromatic N) is 3. The molecule has 5 nitrogen and oxygen atoms in total. The Labute approximate surface area is 143 Å². The normalized spacial score (nSPS) is 16.7. The number of rotatable bonds is 4. The van der Waals surface area contributed by atoms with Crippen molar-refractivity contribution in [2.45, 2.75) is 32.7 Å². The Hall–Kier alpha value is -2.43. The second-order valence-electron chi connectivity index (χ2n) is 6.40. The first-order valence-corrected chi connectivity index (χ1v) is 8.53. The van der Waals surface area contributed by atoms with E-state index in [2.05, 4.69) is 20.2 Å². The first kappa shape index (κ1) is 16.4. The molecule has 2 aromatic rings. The van der Waals surface area contributed by atoms with Crippen molar-refractivity contribution in [1.82, 2.24) is 15.3 Å². The minimum absolute atomic E-state index is 0.0387. The average molecular weight is 324 g/mol. The zero-order chi connectivity index (χ0) is 16.9. The van der Waals surface area contributed by atoms with Gasteiger partial charge in [-0.25, -0.2) is 9.97 Å². The van der Waals surface area contributed by atoms with Crippen molar-refractivity contribution in [3.63, 3.8) is 0 Å². The van der Waals surface area contributed by atoms with Crippen LogP contribution in [0.4, 0.5) is 5.95 Å². The highest BCUT2D eigenvalue weighted by molar-refractivity contribution is 5.79. The van der Waals surface area contributed by atoms with Gasteiger partial charge < -0.3 is 10.2 Å². The number of aryl methyl sites for hydroxylation is 1. The zero-order valence-electron chi connectivity index (χ0n) is 14.3. The Morgan fingerprint density at radius 3 is 2.58 bits per heavy atom. The molecule has 0 spiro atoms. The summed E-state index contributed by atoms with van der Waals surface area (Å²) in [5, 5.41) is 3.14. The fraction of sp³-hybridized carbons (Fsp3) is 0.421. The molecule has 0 bridgehead atoms. The van der Waals surface area contributed by atoms with Gasteiger partial charge in [0.2, 0.25) is 11.9 Å². The van der Waals surface area contributed by atoms with Crippen LogP contribution in [-0.2, 0) is 4.79 Å². The molecular formula is C19H24N4O. The fourth-order valence-electron chi connectivity index (χ4n) is 3.09. The van der Waals surface area contributed by atoms with Gasteiger partial charge in [0, 0.05) is 30.9 Å². The number of aromatic nitrogens is 2. The Kier molecular flexibility index (Phi) is 5.08. The molecule has 0 saturated carbocycles. The van der Waals surface area contributed by atoms with Gasteiger partial charge >= 0.3 is 0 Å². The third kappa shape index (κ3) is 3.91. The highest BCUT2D eigenvalue weighted by Gasteiger charge is 2.27. The number of hydrogen-bond donors (Lipinski definition) is 1. The van der Waals surface area contributed by atoms with Gasteiger partial charge in [-0.1, -0.05) is 30.3 Å². The summed E-state index contributed by atoms with van der Waals surface area (Å²) in [4.78, 5) is 23.5. The molecule has 1 atom stereocenters. The van der Waals surface area contributed by atoms with Crippen molar-refractivity contribution in [3.05, 3.63) is 53.9 Å². The fourth-order valence-corrected chi connectivity index (χ4v) is 3.09. The van der Waals surface area contributed by atoms with E-state index >= 15 is 0 Å². The number of piperidine rings is 1. The van der Waals surface area contributed by atoms with Gasteiger partial charge in [-0.05, 0) is 38.3 Å². The molecule has 2 heterocycles. The topological polar surface area (TPSA) is 58.1 Å². The Balaban J connectivity index is 1.53. The quantitative estimate of drug-likeness (QED) is 0.939. The maximum absolute atomic E-state index is 12.5. The summed E-state index contributed by atoms with van der Waals surface area (Å²) in [6, 6.07) is 12.0. The summed E-state index contributed by atoms with van der Waals surface area (Å²) in [7, 11) is 0. The predicted molar refractivity (Wildman–Crippen MR) is 94.7 cm³/mol. The lowest BCUT2D eigenvalue weighted by Gasteiger charge is -2.32. The van der Waals surface area contributed by atoms with Gasteiger partial charge in [-0.15, -0.1) is 0 Å². The van der Waals surface area contributed by atoms with Gasteiger partial charge in [-0.3, -0.25) is 4.79 Å². The average Bonchev–Trinajstić information content (AvgIpc) is 2.62. The highest BCUT2D eigenvalue weighted by Crippen LogP contribution is 2.22. The van der Waals surface area contributed by atoms with Crippen molar-refractivity contribution in [2.75, 3.05) is 18.0 Å². The molecule has 3 rings (SSSR count). The van der Waals surface area contributed by atoms with Crippen LogP contribution in [0.3, 0.4) is 0 Å². The van der Waals surface area contributed by atoms with Gasteiger partial charge in [0.1, 0.15) is 0 Å². The molecule has 1 saturated heterocycles. The van der Waals surface area contributed by atoms with Crippen LogP contribution in [0.5, 0.6) is 0 Å². The van der Waals surface area contributed by atoms with E-state index in [4.69, 9.17) is 0 Å². The van der Waals surface area contributed by atoms with E-state index in [-0.39, 0.29) is 17.9 Å². The molecular weight excluding hydrogens is 300 g/mol. The molecule has 5 heteroatoms. The smallest absolute Gasteiger partial charge is 0.225 e. The SMILES string of the molecule is Cc1ccnc(N2CCC(C(=O)NC(C)c3ccccc3)CC2)n1. The van der Waals surface area contributed by atoms with Crippen LogP contribution in [0.1, 0.15) is 37.1 Å². The summed E-state index contributed by atoms with van der Waals surface area (Å²) < 4.78 is 0. The summed E-state index contributed by atoms with van der Waals surface area (Å²) in [6.45, 7) is 5.64. The lowest BCUT2D eigenvalue weighted by Crippen LogP contribution is -2.41. The van der Waals surface area contributed by atoms with E-state index in [9.17, 15) is 4.79 Å². The summed E-state index contributed by atoms with van der Waals surface area (Å²) in [5.74, 6) is 0.986. The van der Waals surface area contributed by atoms with Crippen LogP contribution < -0.4 is 10.2 Å². The molecule has 1 aliphatic heterocycles. The van der Waals surface area contributed by atoms with E-state index < -0.39 is 0 Å². The minimum atomic E-state index is 0.0387. The van der Waals surface area contributed by atoms with E-state index in [1.807, 2.05) is 50.2 Å². The van der Waals surface area contributed by atoms with Gasteiger partial charge in [0.05, 0.1) is 6.04 Å². The Bertz CT molecular complexity index is 681. The maximum atomic E-state index is 12.5. The molecule has 1 aromatic heterocycles. The lowest BCUT2D eigenvalue weighted by molar-refractivity contribution is -0.126. The van der Waals surface area contributed by atoms with Crippen molar-refractivity contribution in [1.29, 1.82) is 0 Å². The summed E-state index contributed by atoms with van der Waals surface area (Å²) in [6.07, 6.45) is 3.47. The number of carbonyl (C=O) groups is 1. The predicted octanol–water partition coefficient (Wildman–Crippen LogP) is 2.88. The highest BCUT2D eigenvalue weighted by atomic mass is 16.1. The van der Waals surface area contributed by atoms with Gasteiger partial charge in [-0.2, -0.15) is 0 Å². The second kappa shape index (κ2) is 7.43. The monoisotopic (exact) mass is 324 g/mol. The third-order valence-electron chi connectivity index (χ3n) is 4.59. The first-order valence-electron chi connectivity index (χ1n) is 8.53. The molecule has 1 aromatic carbocycles. The van der Waals surface area contributed by atoms with Crippen molar-refractivity contribution >= 4 is 11.9 Å². The van der Waals surface area contributed by atoms with Crippen molar-refractivity contribution < 1.29 is 4.79 Å². The number of amides is 1. The third-order valence-corrected chi connectivity index (χ3v) is 4.59. The van der Waals surface area contributed by atoms with Crippen LogP contribution in [0, 0.1) is 12.8 Å². The van der Waals surface area contributed by atoms with E-state index in [1.165, 1.54) is 0 Å². The van der Waals surface area contributed by atoms with Crippen LogP contribution in [0.2, 0.25) is 0 Å². The zero-order valence-corrected chi connectivity index (χ0v) is 14.3. The molecule has 1 fully saturated rings. The molecule has 1 amide bonds. The van der Waals surface area contributed by atoms with E-state index in [0.29, 0.717) is 0 Å². The number of carbonyl (C=O) groups excluding carboxylic acids is 1. The van der Waals surface area contributed by atoms with E-state index in [0.717, 1.165) is 43.1 Å². The molecule has 1 N–H and O–H groups in total. The molecule has 0 aliphatic carbocycles. The van der Waals surface area contributed by atoms with Crippen molar-refractivity contribution in [3.8, 4) is 0 Å². The van der Waals surface area contributed by atoms with Crippen LogP contribution >= 0.6 is 0 Å². The first-order chi connectivity index (χ1) is 11.6. The molecule has 0 radical (unpaired) electrons. The lowest BCUT2D eigenvalue weighted by atomic mass is 9.95. The molecule has 1 unspecified atom stereocenters. The summed E-state index contributed by atoms with van der Waals surface area (Å²) in [5.41, 5.74) is 2.10. The number of nitrogens with one attached hydrogen (secondary N) is 1. The van der Waals surface area contributed by atoms with Gasteiger partial charge in [0.25, 0.3) is 0 Å². The number of hydrogen-bond acceptors (Lipinski definition) is 4. The number of anilines is 1. The summed E-state index contributed by atoms with van der Waals surface area (Å²) >= 11 is 0.